The van der Waals surface area contributed by atoms with Crippen LogP contribution in [0.3, 0.4) is 0 Å². The summed E-state index contributed by atoms with van der Waals surface area (Å²) >= 11 is 0. The highest BCUT2D eigenvalue weighted by Gasteiger charge is 2.15. The fourth-order valence-corrected chi connectivity index (χ4v) is 2.99. The number of nitrogen functional groups attached to an aromatic ring is 1. The number of anilines is 1. The van der Waals surface area contributed by atoms with Gasteiger partial charge in [-0.1, -0.05) is 18.2 Å². The van der Waals surface area contributed by atoms with Gasteiger partial charge in [0.2, 0.25) is 0 Å². The third kappa shape index (κ3) is 3.95. The average Bonchev–Trinajstić information content (AvgIpc) is 2.70. The molecule has 4 aromatic heterocycles. The van der Waals surface area contributed by atoms with Crippen LogP contribution in [-0.4, -0.2) is 24.9 Å². The molecule has 0 aliphatic carbocycles. The molecule has 0 bridgehead atoms. The molecule has 0 fully saturated rings. The number of pyridine rings is 3. The minimum absolute atomic E-state index is 0.454. The molecular weight excluding hydrogens is 336 g/mol. The molecule has 4 heterocycles. The molecule has 6 heteroatoms. The highest BCUT2D eigenvalue weighted by Crippen LogP contribution is 2.29. The van der Waals surface area contributed by atoms with Gasteiger partial charge in [-0.3, -0.25) is 15.0 Å². The molecule has 4 rings (SSSR count). The first kappa shape index (κ1) is 16.8. The van der Waals surface area contributed by atoms with E-state index in [4.69, 9.17) is 10.7 Å². The normalized spacial score (nSPS) is 10.7. The summed E-state index contributed by atoms with van der Waals surface area (Å²) in [6.45, 7) is 0. The van der Waals surface area contributed by atoms with Crippen molar-refractivity contribution in [1.29, 1.82) is 0 Å². The molecule has 27 heavy (non-hydrogen) atoms. The monoisotopic (exact) mass is 354 g/mol. The molecule has 4 aromatic rings. The topological polar surface area (TPSA) is 90.5 Å². The molecule has 0 amide bonds. The maximum atomic E-state index is 6.35. The highest BCUT2D eigenvalue weighted by molar-refractivity contribution is 5.75. The van der Waals surface area contributed by atoms with Crippen LogP contribution in [0.15, 0.2) is 73.6 Å². The summed E-state index contributed by atoms with van der Waals surface area (Å²) in [4.78, 5) is 21.9. The van der Waals surface area contributed by atoms with Crippen molar-refractivity contribution >= 4 is 5.82 Å². The van der Waals surface area contributed by atoms with Crippen LogP contribution in [0.1, 0.15) is 22.6 Å². The average molecular weight is 354 g/mol. The van der Waals surface area contributed by atoms with Gasteiger partial charge in [0.1, 0.15) is 11.6 Å². The zero-order chi connectivity index (χ0) is 18.5. The Hall–Kier alpha value is -3.67. The van der Waals surface area contributed by atoms with Gasteiger partial charge in [-0.25, -0.2) is 9.97 Å². The van der Waals surface area contributed by atoms with Gasteiger partial charge in [-0.15, -0.1) is 0 Å². The van der Waals surface area contributed by atoms with Crippen LogP contribution >= 0.6 is 0 Å². The van der Waals surface area contributed by atoms with Gasteiger partial charge in [-0.2, -0.15) is 0 Å². The molecule has 2 N–H and O–H groups in total. The maximum absolute atomic E-state index is 6.35. The lowest BCUT2D eigenvalue weighted by Gasteiger charge is -2.13. The lowest BCUT2D eigenvalue weighted by atomic mass is 10.0. The number of hydrogen-bond donors (Lipinski definition) is 1. The highest BCUT2D eigenvalue weighted by atomic mass is 15.0. The zero-order valence-electron chi connectivity index (χ0n) is 14.7. The second-order valence-electron chi connectivity index (χ2n) is 6.16. The Labute approximate surface area is 157 Å². The molecular formula is C21H18N6. The Bertz CT molecular complexity index is 1020. The zero-order valence-corrected chi connectivity index (χ0v) is 14.7. The molecule has 0 saturated carbocycles. The van der Waals surface area contributed by atoms with E-state index in [0.29, 0.717) is 24.5 Å². The van der Waals surface area contributed by atoms with Crippen LogP contribution in [0.4, 0.5) is 5.82 Å². The van der Waals surface area contributed by atoms with Crippen LogP contribution in [0.2, 0.25) is 0 Å². The van der Waals surface area contributed by atoms with E-state index >= 15 is 0 Å². The summed E-state index contributed by atoms with van der Waals surface area (Å²) in [5.74, 6) is 1.13. The van der Waals surface area contributed by atoms with Gasteiger partial charge >= 0.3 is 0 Å². The van der Waals surface area contributed by atoms with Crippen molar-refractivity contribution in [3.05, 3.63) is 96.2 Å². The van der Waals surface area contributed by atoms with Crippen LogP contribution in [0.5, 0.6) is 0 Å². The number of nitrogens with zero attached hydrogens (tertiary/aromatic N) is 5. The standard InChI is InChI=1S/C21H18N6/c22-21-20(17-6-3-9-25-14-17)18(10-15-4-1-7-23-12-15)26-19(27-21)11-16-5-2-8-24-13-16/h1-9,12-14H,10-11H2,(H2,22,26,27). The minimum atomic E-state index is 0.454. The SMILES string of the molecule is Nc1nc(Cc2cccnc2)nc(Cc2cccnc2)c1-c1cccnc1. The molecule has 6 nitrogen and oxygen atoms in total. The minimum Gasteiger partial charge on any atom is -0.383 e. The lowest BCUT2D eigenvalue weighted by molar-refractivity contribution is 0.920. The Balaban J connectivity index is 1.78. The second kappa shape index (κ2) is 7.70. The quantitative estimate of drug-likeness (QED) is 0.592. The van der Waals surface area contributed by atoms with Gasteiger partial charge in [0.25, 0.3) is 0 Å². The predicted octanol–water partition coefficient (Wildman–Crippen LogP) is 3.09. The van der Waals surface area contributed by atoms with E-state index in [9.17, 15) is 0 Å². The van der Waals surface area contributed by atoms with Crippen molar-refractivity contribution in [2.75, 3.05) is 5.73 Å². The third-order valence-corrected chi connectivity index (χ3v) is 4.19. The van der Waals surface area contributed by atoms with E-state index in [-0.39, 0.29) is 0 Å². The lowest BCUT2D eigenvalue weighted by Crippen LogP contribution is -2.09. The van der Waals surface area contributed by atoms with E-state index in [1.165, 1.54) is 0 Å². The molecule has 0 spiro atoms. The molecule has 0 atom stereocenters. The summed E-state index contributed by atoms with van der Waals surface area (Å²) in [7, 11) is 0. The summed E-state index contributed by atoms with van der Waals surface area (Å²) in [6.07, 6.45) is 11.9. The van der Waals surface area contributed by atoms with Crippen molar-refractivity contribution < 1.29 is 0 Å². The molecule has 0 unspecified atom stereocenters. The van der Waals surface area contributed by atoms with Gasteiger partial charge in [0.05, 0.1) is 5.69 Å². The van der Waals surface area contributed by atoms with Gasteiger partial charge in [-0.05, 0) is 29.3 Å². The van der Waals surface area contributed by atoms with E-state index in [1.54, 1.807) is 24.8 Å². The molecule has 0 aromatic carbocycles. The van der Waals surface area contributed by atoms with E-state index < -0.39 is 0 Å². The van der Waals surface area contributed by atoms with Crippen LogP contribution < -0.4 is 5.73 Å². The molecule has 132 valence electrons. The number of hydrogen-bond acceptors (Lipinski definition) is 6. The number of nitrogens with two attached hydrogens (primary N) is 1. The fourth-order valence-electron chi connectivity index (χ4n) is 2.99. The second-order valence-corrected chi connectivity index (χ2v) is 6.16. The summed E-state index contributed by atoms with van der Waals surface area (Å²) in [5.41, 5.74) is 11.0. The Morgan fingerprint density at radius 1 is 0.704 bits per heavy atom. The van der Waals surface area contributed by atoms with Crippen molar-refractivity contribution in [3.8, 4) is 11.1 Å². The number of aromatic nitrogens is 5. The smallest absolute Gasteiger partial charge is 0.135 e. The molecule has 0 saturated heterocycles. The van der Waals surface area contributed by atoms with Crippen LogP contribution in [-0.2, 0) is 12.8 Å². The van der Waals surface area contributed by atoms with Crippen LogP contribution in [0, 0.1) is 0 Å². The van der Waals surface area contributed by atoms with E-state index in [0.717, 1.165) is 27.9 Å². The first-order valence-electron chi connectivity index (χ1n) is 8.63. The Morgan fingerprint density at radius 2 is 1.33 bits per heavy atom. The molecule has 0 aliphatic rings. The summed E-state index contributed by atoms with van der Waals surface area (Å²) < 4.78 is 0. The summed E-state index contributed by atoms with van der Waals surface area (Å²) in [6, 6.07) is 11.7. The van der Waals surface area contributed by atoms with Gasteiger partial charge < -0.3 is 5.73 Å². The largest absolute Gasteiger partial charge is 0.383 e. The Kier molecular flexibility index (Phi) is 4.78. The Morgan fingerprint density at radius 3 is 1.93 bits per heavy atom. The van der Waals surface area contributed by atoms with E-state index in [2.05, 4.69) is 19.9 Å². The first-order valence-corrected chi connectivity index (χ1v) is 8.63. The molecule has 0 aliphatic heterocycles. The summed E-state index contributed by atoms with van der Waals surface area (Å²) in [5, 5.41) is 0. The van der Waals surface area contributed by atoms with Crippen molar-refractivity contribution in [3.63, 3.8) is 0 Å². The predicted molar refractivity (Wildman–Crippen MR) is 104 cm³/mol. The van der Waals surface area contributed by atoms with Gasteiger partial charge in [0, 0.05) is 61.1 Å². The van der Waals surface area contributed by atoms with Crippen molar-refractivity contribution in [2.45, 2.75) is 12.8 Å². The maximum Gasteiger partial charge on any atom is 0.135 e. The van der Waals surface area contributed by atoms with Gasteiger partial charge in [0.15, 0.2) is 0 Å². The van der Waals surface area contributed by atoms with Crippen LogP contribution in [0.25, 0.3) is 11.1 Å². The van der Waals surface area contributed by atoms with Crippen molar-refractivity contribution in [1.82, 2.24) is 24.9 Å². The number of rotatable bonds is 5. The van der Waals surface area contributed by atoms with Crippen molar-refractivity contribution in [2.24, 2.45) is 0 Å². The van der Waals surface area contributed by atoms with E-state index in [1.807, 2.05) is 48.8 Å². The first-order chi connectivity index (χ1) is 13.3. The molecule has 0 radical (unpaired) electrons. The third-order valence-electron chi connectivity index (χ3n) is 4.19. The fraction of sp³-hybridized carbons (Fsp3) is 0.0952.